The fourth-order valence-electron chi connectivity index (χ4n) is 3.13. The highest BCUT2D eigenvalue weighted by atomic mass is 79.9. The van der Waals surface area contributed by atoms with Crippen LogP contribution in [0.5, 0.6) is 0 Å². The van der Waals surface area contributed by atoms with Gasteiger partial charge in [-0.15, -0.1) is 0 Å². The maximum absolute atomic E-state index is 5.99. The lowest BCUT2D eigenvalue weighted by molar-refractivity contribution is 0.804. The molecule has 2 aromatic carbocycles. The molecule has 120 valence electrons. The normalized spacial score (nSPS) is 11.4. The van der Waals surface area contributed by atoms with Gasteiger partial charge in [0.15, 0.2) is 0 Å². The minimum atomic E-state index is 0.199. The van der Waals surface area contributed by atoms with E-state index in [1.165, 1.54) is 5.56 Å². The van der Waals surface area contributed by atoms with Crippen molar-refractivity contribution in [3.8, 4) is 0 Å². The molecule has 0 amide bonds. The molecule has 0 radical (unpaired) electrons. The van der Waals surface area contributed by atoms with Gasteiger partial charge < -0.3 is 16.0 Å². The average molecular weight is 382 g/mol. The Labute approximate surface area is 147 Å². The van der Waals surface area contributed by atoms with Crippen molar-refractivity contribution in [1.82, 2.24) is 14.5 Å². The Morgan fingerprint density at radius 1 is 1.04 bits per heavy atom. The van der Waals surface area contributed by atoms with E-state index in [9.17, 15) is 0 Å². The van der Waals surface area contributed by atoms with Crippen molar-refractivity contribution in [2.75, 3.05) is 11.5 Å². The van der Waals surface area contributed by atoms with Crippen molar-refractivity contribution in [3.63, 3.8) is 0 Å². The van der Waals surface area contributed by atoms with Gasteiger partial charge in [-0.25, -0.2) is 4.98 Å². The summed E-state index contributed by atoms with van der Waals surface area (Å²) in [6.45, 7) is 2.88. The molecule has 0 aliphatic rings. The molecule has 4 aromatic rings. The van der Waals surface area contributed by atoms with Crippen LogP contribution in [-0.4, -0.2) is 14.5 Å². The van der Waals surface area contributed by atoms with E-state index in [0.29, 0.717) is 5.82 Å². The summed E-state index contributed by atoms with van der Waals surface area (Å²) in [6.07, 6.45) is 0. The SMILES string of the molecule is Cc1cc2c3nc(N)nc(N)c3ccc2n1Cc1cccc(Br)c1. The molecule has 0 saturated heterocycles. The summed E-state index contributed by atoms with van der Waals surface area (Å²) < 4.78 is 3.35. The summed E-state index contributed by atoms with van der Waals surface area (Å²) in [7, 11) is 0. The van der Waals surface area contributed by atoms with E-state index >= 15 is 0 Å². The highest BCUT2D eigenvalue weighted by Gasteiger charge is 2.13. The first-order valence-electron chi connectivity index (χ1n) is 7.59. The van der Waals surface area contributed by atoms with Gasteiger partial charge >= 0.3 is 0 Å². The van der Waals surface area contributed by atoms with Crippen LogP contribution in [-0.2, 0) is 6.54 Å². The number of halogens is 1. The number of fused-ring (bicyclic) bond motifs is 3. The summed E-state index contributed by atoms with van der Waals surface area (Å²) in [5.41, 5.74) is 16.1. The quantitative estimate of drug-likeness (QED) is 0.551. The first-order chi connectivity index (χ1) is 11.5. The first-order valence-corrected chi connectivity index (χ1v) is 8.38. The smallest absolute Gasteiger partial charge is 0.222 e. The largest absolute Gasteiger partial charge is 0.383 e. The lowest BCUT2D eigenvalue weighted by Crippen LogP contribution is -2.02. The minimum Gasteiger partial charge on any atom is -0.383 e. The van der Waals surface area contributed by atoms with Crippen molar-refractivity contribution in [1.29, 1.82) is 0 Å². The molecule has 2 aromatic heterocycles. The van der Waals surface area contributed by atoms with E-state index in [4.69, 9.17) is 11.5 Å². The number of hydrogen-bond acceptors (Lipinski definition) is 4. The van der Waals surface area contributed by atoms with Gasteiger partial charge in [-0.3, -0.25) is 0 Å². The van der Waals surface area contributed by atoms with Crippen LogP contribution >= 0.6 is 15.9 Å². The van der Waals surface area contributed by atoms with Crippen LogP contribution in [0.1, 0.15) is 11.3 Å². The van der Waals surface area contributed by atoms with Crippen LogP contribution < -0.4 is 11.5 Å². The van der Waals surface area contributed by atoms with E-state index < -0.39 is 0 Å². The molecule has 0 saturated carbocycles. The lowest BCUT2D eigenvalue weighted by Gasteiger charge is -2.10. The van der Waals surface area contributed by atoms with Crippen molar-refractivity contribution >= 4 is 49.5 Å². The third kappa shape index (κ3) is 2.39. The van der Waals surface area contributed by atoms with Gasteiger partial charge in [0.2, 0.25) is 5.95 Å². The Bertz CT molecular complexity index is 1080. The number of nitrogens with zero attached hydrogens (tertiary/aromatic N) is 3. The summed E-state index contributed by atoms with van der Waals surface area (Å²) in [6, 6.07) is 14.5. The fourth-order valence-corrected chi connectivity index (χ4v) is 3.58. The predicted molar refractivity (Wildman–Crippen MR) is 102 cm³/mol. The van der Waals surface area contributed by atoms with Crippen LogP contribution in [0.4, 0.5) is 11.8 Å². The molecule has 0 aliphatic heterocycles. The Morgan fingerprint density at radius 2 is 1.88 bits per heavy atom. The van der Waals surface area contributed by atoms with Crippen LogP contribution in [0, 0.1) is 6.92 Å². The zero-order valence-electron chi connectivity index (χ0n) is 13.1. The Morgan fingerprint density at radius 3 is 2.67 bits per heavy atom. The van der Waals surface area contributed by atoms with Gasteiger partial charge in [0.1, 0.15) is 5.82 Å². The van der Waals surface area contributed by atoms with Crippen LogP contribution in [0.3, 0.4) is 0 Å². The summed E-state index contributed by atoms with van der Waals surface area (Å²) in [5.74, 6) is 0.613. The number of anilines is 2. The molecule has 0 unspecified atom stereocenters. The molecule has 0 spiro atoms. The molecule has 0 aliphatic carbocycles. The van der Waals surface area contributed by atoms with E-state index in [-0.39, 0.29) is 5.95 Å². The second kappa shape index (κ2) is 5.49. The third-order valence-electron chi connectivity index (χ3n) is 4.23. The molecule has 0 fully saturated rings. The highest BCUT2D eigenvalue weighted by Crippen LogP contribution is 2.30. The second-order valence-electron chi connectivity index (χ2n) is 5.86. The van der Waals surface area contributed by atoms with Gasteiger partial charge in [0.05, 0.1) is 11.0 Å². The summed E-state index contributed by atoms with van der Waals surface area (Å²) in [4.78, 5) is 8.45. The molecule has 6 heteroatoms. The first kappa shape index (κ1) is 15.0. The van der Waals surface area contributed by atoms with Gasteiger partial charge in [-0.1, -0.05) is 28.1 Å². The third-order valence-corrected chi connectivity index (χ3v) is 4.72. The maximum atomic E-state index is 5.99. The monoisotopic (exact) mass is 381 g/mol. The van der Waals surface area contributed by atoms with Crippen molar-refractivity contribution in [2.45, 2.75) is 13.5 Å². The van der Waals surface area contributed by atoms with E-state index in [0.717, 1.165) is 38.5 Å². The van der Waals surface area contributed by atoms with Crippen LogP contribution in [0.15, 0.2) is 46.9 Å². The number of nitrogens with two attached hydrogens (primary N) is 2. The number of hydrogen-bond donors (Lipinski definition) is 2. The minimum absolute atomic E-state index is 0.199. The Kier molecular flexibility index (Phi) is 3.42. The number of aryl methyl sites for hydroxylation is 1. The van der Waals surface area contributed by atoms with Crippen molar-refractivity contribution in [2.24, 2.45) is 0 Å². The van der Waals surface area contributed by atoms with Gasteiger partial charge in [-0.2, -0.15) is 4.98 Å². The molecule has 2 heterocycles. The van der Waals surface area contributed by atoms with Crippen LogP contribution in [0.25, 0.3) is 21.8 Å². The standard InChI is InChI=1S/C18H16BrN5/c1-10-7-14-15(24(10)9-11-3-2-4-12(19)8-11)6-5-13-16(14)22-18(21)23-17(13)20/h2-8H,9H2,1H3,(H4,20,21,22,23). The predicted octanol–water partition coefficient (Wildman–Crippen LogP) is 3.87. The zero-order valence-corrected chi connectivity index (χ0v) is 14.7. The average Bonchev–Trinajstić information content (AvgIpc) is 2.84. The lowest BCUT2D eigenvalue weighted by atomic mass is 10.1. The Balaban J connectivity index is 1.94. The highest BCUT2D eigenvalue weighted by molar-refractivity contribution is 9.10. The molecular formula is C18H16BrN5. The van der Waals surface area contributed by atoms with Gasteiger partial charge in [0, 0.05) is 27.5 Å². The zero-order chi connectivity index (χ0) is 16.8. The number of nitrogen functional groups attached to an aromatic ring is 2. The summed E-state index contributed by atoms with van der Waals surface area (Å²) >= 11 is 3.53. The topological polar surface area (TPSA) is 82.8 Å². The van der Waals surface area contributed by atoms with E-state index in [1.807, 2.05) is 18.2 Å². The molecule has 0 bridgehead atoms. The molecule has 4 rings (SSSR count). The maximum Gasteiger partial charge on any atom is 0.222 e. The molecule has 4 N–H and O–H groups in total. The van der Waals surface area contributed by atoms with Crippen molar-refractivity contribution in [3.05, 3.63) is 58.2 Å². The van der Waals surface area contributed by atoms with Crippen LogP contribution in [0.2, 0.25) is 0 Å². The molecule has 5 nitrogen and oxygen atoms in total. The van der Waals surface area contributed by atoms with Gasteiger partial charge in [-0.05, 0) is 42.8 Å². The van der Waals surface area contributed by atoms with Crippen molar-refractivity contribution < 1.29 is 0 Å². The molecular weight excluding hydrogens is 366 g/mol. The summed E-state index contributed by atoms with van der Waals surface area (Å²) in [5, 5.41) is 1.87. The second-order valence-corrected chi connectivity index (χ2v) is 6.78. The number of aromatic nitrogens is 3. The molecule has 0 atom stereocenters. The Hall–Kier alpha value is -2.60. The van der Waals surface area contributed by atoms with E-state index in [1.54, 1.807) is 0 Å². The molecule has 24 heavy (non-hydrogen) atoms. The van der Waals surface area contributed by atoms with Gasteiger partial charge in [0.25, 0.3) is 0 Å². The van der Waals surface area contributed by atoms with E-state index in [2.05, 4.69) is 61.7 Å². The fraction of sp³-hybridized carbons (Fsp3) is 0.111. The number of benzene rings is 2. The number of rotatable bonds is 2.